The molecule has 8 nitrogen and oxygen atoms in total. The average Bonchev–Trinajstić information content (AvgIpc) is 3.37. The number of benzene rings is 2. The quantitative estimate of drug-likeness (QED) is 0.472. The number of hydrogen-bond donors (Lipinski definition) is 1. The van der Waals surface area contributed by atoms with Gasteiger partial charge in [0.1, 0.15) is 5.57 Å². The topological polar surface area (TPSA) is 89.9 Å². The molecule has 1 aromatic heterocycles. The van der Waals surface area contributed by atoms with Crippen LogP contribution in [0, 0.1) is 27.7 Å². The molecular weight excluding hydrogens is 434 g/mol. The number of anilines is 1. The van der Waals surface area contributed by atoms with Crippen LogP contribution in [0.2, 0.25) is 0 Å². The van der Waals surface area contributed by atoms with Crippen LogP contribution >= 0.6 is 0 Å². The van der Waals surface area contributed by atoms with Crippen LogP contribution in [0.25, 0.3) is 11.8 Å². The van der Waals surface area contributed by atoms with E-state index in [1.165, 1.54) is 6.08 Å². The predicted molar refractivity (Wildman–Crippen MR) is 126 cm³/mol. The summed E-state index contributed by atoms with van der Waals surface area (Å²) in [4.78, 5) is 39.6. The SMILES string of the molecule is Cc1cccc(N2C(=O)NC(=O)C(=Cc3cc(C)n(-c4ccc5c(c4)OCO5)c3C)C2=O)c1C. The highest BCUT2D eigenvalue weighted by Gasteiger charge is 2.37. The minimum atomic E-state index is -0.758. The van der Waals surface area contributed by atoms with E-state index < -0.39 is 17.8 Å². The average molecular weight is 457 g/mol. The van der Waals surface area contributed by atoms with Gasteiger partial charge >= 0.3 is 6.03 Å². The molecule has 0 unspecified atom stereocenters. The van der Waals surface area contributed by atoms with Crippen LogP contribution in [0.4, 0.5) is 10.5 Å². The number of carbonyl (C=O) groups excluding carboxylic acids is 3. The summed E-state index contributed by atoms with van der Waals surface area (Å²) < 4.78 is 12.9. The lowest BCUT2D eigenvalue weighted by Crippen LogP contribution is -2.54. The van der Waals surface area contributed by atoms with Crippen molar-refractivity contribution in [3.63, 3.8) is 0 Å². The van der Waals surface area contributed by atoms with Gasteiger partial charge in [0.05, 0.1) is 5.69 Å². The molecule has 0 aliphatic carbocycles. The highest BCUT2D eigenvalue weighted by molar-refractivity contribution is 6.39. The number of nitrogens with one attached hydrogen (secondary N) is 1. The molecular formula is C26H23N3O5. The lowest BCUT2D eigenvalue weighted by Gasteiger charge is -2.28. The number of aryl methyl sites for hydroxylation is 2. The van der Waals surface area contributed by atoms with E-state index in [-0.39, 0.29) is 12.4 Å². The second-order valence-corrected chi connectivity index (χ2v) is 8.38. The normalized spacial score (nSPS) is 16.4. The Morgan fingerprint density at radius 2 is 1.71 bits per heavy atom. The first-order chi connectivity index (χ1) is 16.3. The molecule has 3 heterocycles. The number of barbiturate groups is 1. The van der Waals surface area contributed by atoms with Crippen molar-refractivity contribution in [3.8, 4) is 17.2 Å². The van der Waals surface area contributed by atoms with Crippen molar-refractivity contribution >= 4 is 29.6 Å². The summed E-state index contributed by atoms with van der Waals surface area (Å²) in [6.07, 6.45) is 1.54. The largest absolute Gasteiger partial charge is 0.454 e. The minimum absolute atomic E-state index is 0.105. The van der Waals surface area contributed by atoms with Crippen LogP contribution in [0.15, 0.2) is 48.0 Å². The highest BCUT2D eigenvalue weighted by Crippen LogP contribution is 2.35. The summed E-state index contributed by atoms with van der Waals surface area (Å²) in [6, 6.07) is 12.2. The number of ether oxygens (including phenoxy) is 2. The monoisotopic (exact) mass is 457 g/mol. The van der Waals surface area contributed by atoms with Gasteiger partial charge in [-0.3, -0.25) is 14.9 Å². The fraction of sp³-hybridized carbons (Fsp3) is 0.192. The van der Waals surface area contributed by atoms with Gasteiger partial charge in [-0.25, -0.2) is 9.69 Å². The number of hydrogen-bond acceptors (Lipinski definition) is 5. The van der Waals surface area contributed by atoms with Gasteiger partial charge in [-0.2, -0.15) is 0 Å². The van der Waals surface area contributed by atoms with E-state index in [4.69, 9.17) is 9.47 Å². The standard InChI is InChI=1S/C26H23N3O5/c1-14-6-5-7-21(16(14)3)29-25(31)20(24(30)27-26(29)32)11-18-10-15(2)28(17(18)4)19-8-9-22-23(12-19)34-13-33-22/h5-12H,13H2,1-4H3,(H,27,30,32). The Balaban J connectivity index is 1.56. The maximum Gasteiger partial charge on any atom is 0.335 e. The third-order valence-corrected chi connectivity index (χ3v) is 6.30. The predicted octanol–water partition coefficient (Wildman–Crippen LogP) is 4.11. The van der Waals surface area contributed by atoms with Crippen LogP contribution in [0.5, 0.6) is 11.5 Å². The Labute approximate surface area is 196 Å². The lowest BCUT2D eigenvalue weighted by molar-refractivity contribution is -0.122. The first kappa shape index (κ1) is 21.5. The first-order valence-electron chi connectivity index (χ1n) is 10.8. The zero-order chi connectivity index (χ0) is 24.1. The molecule has 2 aromatic carbocycles. The fourth-order valence-electron chi connectivity index (χ4n) is 4.36. The van der Waals surface area contributed by atoms with Crippen molar-refractivity contribution < 1.29 is 23.9 Å². The molecule has 2 aliphatic rings. The van der Waals surface area contributed by atoms with Gasteiger partial charge in [0, 0.05) is 23.1 Å². The number of rotatable bonds is 3. The van der Waals surface area contributed by atoms with Crippen LogP contribution < -0.4 is 19.7 Å². The maximum absolute atomic E-state index is 13.4. The number of imide groups is 2. The molecule has 0 spiro atoms. The van der Waals surface area contributed by atoms with Crippen molar-refractivity contribution in [1.82, 2.24) is 9.88 Å². The molecule has 172 valence electrons. The number of fused-ring (bicyclic) bond motifs is 1. The Morgan fingerprint density at radius 3 is 2.50 bits per heavy atom. The van der Waals surface area contributed by atoms with E-state index in [2.05, 4.69) is 5.32 Å². The molecule has 1 saturated heterocycles. The summed E-state index contributed by atoms with van der Waals surface area (Å²) >= 11 is 0. The third-order valence-electron chi connectivity index (χ3n) is 6.30. The molecule has 8 heteroatoms. The Morgan fingerprint density at radius 1 is 0.941 bits per heavy atom. The summed E-state index contributed by atoms with van der Waals surface area (Å²) in [6.45, 7) is 7.77. The molecule has 0 atom stereocenters. The van der Waals surface area contributed by atoms with Crippen molar-refractivity contribution in [2.45, 2.75) is 27.7 Å². The van der Waals surface area contributed by atoms with Gasteiger partial charge in [0.15, 0.2) is 11.5 Å². The second-order valence-electron chi connectivity index (χ2n) is 8.38. The van der Waals surface area contributed by atoms with Gasteiger partial charge in [-0.1, -0.05) is 12.1 Å². The summed E-state index contributed by atoms with van der Waals surface area (Å²) in [5.74, 6) is -0.0246. The van der Waals surface area contributed by atoms with E-state index in [0.29, 0.717) is 22.7 Å². The number of carbonyl (C=O) groups is 3. The molecule has 3 aromatic rings. The van der Waals surface area contributed by atoms with Crippen molar-refractivity contribution in [2.75, 3.05) is 11.7 Å². The van der Waals surface area contributed by atoms with E-state index in [9.17, 15) is 14.4 Å². The van der Waals surface area contributed by atoms with Crippen molar-refractivity contribution in [2.24, 2.45) is 0 Å². The molecule has 1 fully saturated rings. The minimum Gasteiger partial charge on any atom is -0.454 e. The van der Waals surface area contributed by atoms with Gasteiger partial charge < -0.3 is 14.0 Å². The smallest absolute Gasteiger partial charge is 0.335 e. The maximum atomic E-state index is 13.4. The first-order valence-corrected chi connectivity index (χ1v) is 10.8. The van der Waals surface area contributed by atoms with Gasteiger partial charge in [0.2, 0.25) is 6.79 Å². The molecule has 34 heavy (non-hydrogen) atoms. The summed E-state index contributed by atoms with van der Waals surface area (Å²) in [5.41, 5.74) is 5.39. The number of amides is 4. The van der Waals surface area contributed by atoms with E-state index >= 15 is 0 Å². The van der Waals surface area contributed by atoms with Crippen molar-refractivity contribution in [1.29, 1.82) is 0 Å². The van der Waals surface area contributed by atoms with E-state index in [0.717, 1.165) is 33.1 Å². The second kappa shape index (κ2) is 7.91. The Bertz CT molecular complexity index is 1420. The zero-order valence-corrected chi connectivity index (χ0v) is 19.3. The molecule has 2 aliphatic heterocycles. The highest BCUT2D eigenvalue weighted by atomic mass is 16.7. The van der Waals surface area contributed by atoms with Gasteiger partial charge in [0.25, 0.3) is 11.8 Å². The molecule has 5 rings (SSSR count). The lowest BCUT2D eigenvalue weighted by atomic mass is 10.0. The Kier molecular flexibility index (Phi) is 5.01. The molecule has 0 saturated carbocycles. The van der Waals surface area contributed by atoms with E-state index in [1.807, 2.05) is 62.6 Å². The van der Waals surface area contributed by atoms with Crippen LogP contribution in [0.1, 0.15) is 28.1 Å². The Hall–Kier alpha value is -4.33. The van der Waals surface area contributed by atoms with Crippen LogP contribution in [-0.4, -0.2) is 29.2 Å². The van der Waals surface area contributed by atoms with Gasteiger partial charge in [-0.15, -0.1) is 0 Å². The van der Waals surface area contributed by atoms with Crippen LogP contribution in [-0.2, 0) is 9.59 Å². The molecule has 1 N–H and O–H groups in total. The van der Waals surface area contributed by atoms with Crippen molar-refractivity contribution in [3.05, 3.63) is 76.1 Å². The number of nitrogens with zero attached hydrogens (tertiary/aromatic N) is 2. The van der Waals surface area contributed by atoms with Gasteiger partial charge in [-0.05, 0) is 74.7 Å². The number of urea groups is 1. The number of aromatic nitrogens is 1. The third kappa shape index (κ3) is 3.35. The molecule has 0 bridgehead atoms. The van der Waals surface area contributed by atoms with E-state index in [1.54, 1.807) is 12.1 Å². The fourth-order valence-corrected chi connectivity index (χ4v) is 4.36. The summed E-state index contributed by atoms with van der Waals surface area (Å²) in [7, 11) is 0. The summed E-state index contributed by atoms with van der Waals surface area (Å²) in [5, 5.41) is 2.30. The molecule has 0 radical (unpaired) electrons. The zero-order valence-electron chi connectivity index (χ0n) is 19.3. The molecule has 4 amide bonds. The van der Waals surface area contributed by atoms with Crippen LogP contribution in [0.3, 0.4) is 0 Å².